The molecule has 1 heterocycles. The molecule has 0 saturated heterocycles. The zero-order valence-electron chi connectivity index (χ0n) is 20.2. The first-order valence-electron chi connectivity index (χ1n) is 11.2. The number of aromatic amines is 1. The summed E-state index contributed by atoms with van der Waals surface area (Å²) < 4.78 is 0. The highest BCUT2D eigenvalue weighted by molar-refractivity contribution is 5.95. The lowest BCUT2D eigenvalue weighted by Gasteiger charge is -2.25. The Kier molecular flexibility index (Phi) is 12.5. The van der Waals surface area contributed by atoms with Crippen molar-refractivity contribution in [2.24, 2.45) is 27.9 Å². The van der Waals surface area contributed by atoms with Crippen molar-refractivity contribution in [1.82, 2.24) is 25.9 Å². The van der Waals surface area contributed by atoms with Crippen LogP contribution >= 0.6 is 0 Å². The maximum absolute atomic E-state index is 13.1. The van der Waals surface area contributed by atoms with Gasteiger partial charge < -0.3 is 54.1 Å². The Balaban J connectivity index is 3.11. The van der Waals surface area contributed by atoms with Crippen LogP contribution in [-0.4, -0.2) is 92.6 Å². The number of aliphatic carboxylic acids is 1. The quantitative estimate of drug-likeness (QED) is 0.0553. The number of aliphatic hydroxyl groups excluding tert-OH is 1. The number of guanidine groups is 1. The summed E-state index contributed by atoms with van der Waals surface area (Å²) in [6.07, 6.45) is 0.990. The minimum absolute atomic E-state index is 0.0326. The fourth-order valence-electron chi connectivity index (χ4n) is 3.03. The van der Waals surface area contributed by atoms with Crippen LogP contribution in [0.3, 0.4) is 0 Å². The Labute approximate surface area is 211 Å². The van der Waals surface area contributed by atoms with Crippen molar-refractivity contribution in [3.05, 3.63) is 18.2 Å². The van der Waals surface area contributed by atoms with Gasteiger partial charge in [-0.1, -0.05) is 0 Å². The second kappa shape index (κ2) is 15.0. The topological polar surface area (TPSA) is 307 Å². The molecule has 1 rings (SSSR count). The molecule has 0 aliphatic carbocycles. The Morgan fingerprint density at radius 1 is 1.03 bits per heavy atom. The smallest absolute Gasteiger partial charge is 0.326 e. The van der Waals surface area contributed by atoms with Gasteiger partial charge in [-0.15, -0.1) is 0 Å². The SMILES string of the molecule is CC(O)C(N)C(=O)NC(Cc1cnc[nH]1)C(=O)NC(CCCN=C(N)N)C(=O)NC(CC(N)=O)C(=O)O. The average molecular weight is 527 g/mol. The van der Waals surface area contributed by atoms with Gasteiger partial charge in [0.1, 0.15) is 24.2 Å². The first-order chi connectivity index (χ1) is 17.3. The van der Waals surface area contributed by atoms with Gasteiger partial charge in [-0.3, -0.25) is 24.2 Å². The molecule has 1 aromatic rings. The van der Waals surface area contributed by atoms with Crippen LogP contribution in [-0.2, 0) is 30.4 Å². The molecule has 0 bridgehead atoms. The van der Waals surface area contributed by atoms with Gasteiger partial charge >= 0.3 is 5.97 Å². The van der Waals surface area contributed by atoms with Crippen molar-refractivity contribution < 1.29 is 34.2 Å². The molecule has 0 fully saturated rings. The predicted molar refractivity (Wildman–Crippen MR) is 129 cm³/mol. The van der Waals surface area contributed by atoms with Crippen molar-refractivity contribution in [3.63, 3.8) is 0 Å². The Bertz CT molecular complexity index is 963. The van der Waals surface area contributed by atoms with Gasteiger partial charge in [0.2, 0.25) is 23.6 Å². The van der Waals surface area contributed by atoms with E-state index in [1.165, 1.54) is 19.4 Å². The lowest BCUT2D eigenvalue weighted by Crippen LogP contribution is -2.58. The number of carboxylic acid groups (broad SMARTS) is 1. The number of carbonyl (C=O) groups excluding carboxylic acids is 4. The van der Waals surface area contributed by atoms with E-state index in [0.717, 1.165) is 0 Å². The third-order valence-electron chi connectivity index (χ3n) is 5.03. The number of amides is 4. The van der Waals surface area contributed by atoms with Crippen LogP contribution < -0.4 is 38.9 Å². The molecule has 5 unspecified atom stereocenters. The highest BCUT2D eigenvalue weighted by Gasteiger charge is 2.31. The number of aliphatic hydroxyl groups is 1. The summed E-state index contributed by atoms with van der Waals surface area (Å²) in [6, 6.07) is -5.53. The van der Waals surface area contributed by atoms with E-state index in [2.05, 4.69) is 30.9 Å². The van der Waals surface area contributed by atoms with E-state index in [1.54, 1.807) is 0 Å². The van der Waals surface area contributed by atoms with Crippen LogP contribution in [0.1, 0.15) is 31.9 Å². The Morgan fingerprint density at radius 3 is 2.14 bits per heavy atom. The monoisotopic (exact) mass is 526 g/mol. The number of carbonyl (C=O) groups is 5. The summed E-state index contributed by atoms with van der Waals surface area (Å²) >= 11 is 0. The minimum Gasteiger partial charge on any atom is -0.480 e. The molecule has 0 aliphatic rings. The number of hydrogen-bond acceptors (Lipinski definition) is 9. The molecule has 0 aromatic carbocycles. The maximum atomic E-state index is 13.1. The second-order valence-corrected chi connectivity index (χ2v) is 8.19. The molecule has 37 heavy (non-hydrogen) atoms. The standard InChI is InChI=1S/C20H34N10O7/c1-9(31)15(22)18(35)29-12(5-10-7-25-8-27-10)17(34)28-11(3-2-4-26-20(23)24)16(33)30-13(19(36)37)6-14(21)32/h7-9,11-13,15,31H,2-6,22H2,1H3,(H2,21,32)(H,25,27)(H,28,34)(H,29,35)(H,30,33)(H,36,37)(H4,23,24,26). The second-order valence-electron chi connectivity index (χ2n) is 8.19. The van der Waals surface area contributed by atoms with Crippen molar-refractivity contribution in [3.8, 4) is 0 Å². The molecule has 5 atom stereocenters. The highest BCUT2D eigenvalue weighted by atomic mass is 16.4. The molecular formula is C20H34N10O7. The van der Waals surface area contributed by atoms with E-state index in [9.17, 15) is 34.2 Å². The molecule has 17 heteroatoms. The van der Waals surface area contributed by atoms with E-state index < -0.39 is 66.3 Å². The number of hydrogen-bond donors (Lipinski definition) is 10. The fourth-order valence-corrected chi connectivity index (χ4v) is 3.03. The number of carboxylic acids is 1. The summed E-state index contributed by atoms with van der Waals surface area (Å²) in [5.41, 5.74) is 21.7. The van der Waals surface area contributed by atoms with E-state index in [-0.39, 0.29) is 31.8 Å². The van der Waals surface area contributed by atoms with Gasteiger partial charge in [-0.2, -0.15) is 0 Å². The van der Waals surface area contributed by atoms with Gasteiger partial charge in [0.05, 0.1) is 18.9 Å². The number of aliphatic imine (C=N–C) groups is 1. The zero-order chi connectivity index (χ0) is 28.1. The van der Waals surface area contributed by atoms with Crippen LogP contribution in [0.2, 0.25) is 0 Å². The normalized spacial score (nSPS) is 14.8. The third-order valence-corrected chi connectivity index (χ3v) is 5.03. The Hall–Kier alpha value is -4.25. The van der Waals surface area contributed by atoms with Crippen molar-refractivity contribution in [2.45, 2.75) is 62.9 Å². The predicted octanol–water partition coefficient (Wildman–Crippen LogP) is -4.87. The number of primary amides is 1. The summed E-state index contributed by atoms with van der Waals surface area (Å²) in [6.45, 7) is 1.40. The third kappa shape index (κ3) is 11.4. The van der Waals surface area contributed by atoms with Crippen LogP contribution in [0.4, 0.5) is 0 Å². The van der Waals surface area contributed by atoms with E-state index in [4.69, 9.17) is 22.9 Å². The molecule has 4 amide bonds. The van der Waals surface area contributed by atoms with Crippen LogP contribution in [0, 0.1) is 0 Å². The highest BCUT2D eigenvalue weighted by Crippen LogP contribution is 2.05. The number of rotatable bonds is 16. The number of imidazole rings is 1. The summed E-state index contributed by atoms with van der Waals surface area (Å²) in [5.74, 6) is -5.21. The van der Waals surface area contributed by atoms with Gasteiger partial charge in [-0.05, 0) is 19.8 Å². The van der Waals surface area contributed by atoms with Gasteiger partial charge in [-0.25, -0.2) is 9.78 Å². The first-order valence-corrected chi connectivity index (χ1v) is 11.2. The summed E-state index contributed by atoms with van der Waals surface area (Å²) in [7, 11) is 0. The molecule has 0 saturated carbocycles. The number of nitrogens with one attached hydrogen (secondary N) is 4. The Morgan fingerprint density at radius 2 is 1.62 bits per heavy atom. The van der Waals surface area contributed by atoms with Crippen LogP contribution in [0.5, 0.6) is 0 Å². The molecular weight excluding hydrogens is 492 g/mol. The lowest BCUT2D eigenvalue weighted by molar-refractivity contribution is -0.143. The number of nitrogens with two attached hydrogens (primary N) is 4. The molecule has 1 aromatic heterocycles. The lowest BCUT2D eigenvalue weighted by atomic mass is 10.1. The van der Waals surface area contributed by atoms with Crippen LogP contribution in [0.15, 0.2) is 17.5 Å². The largest absolute Gasteiger partial charge is 0.480 e. The van der Waals surface area contributed by atoms with E-state index >= 15 is 0 Å². The summed E-state index contributed by atoms with van der Waals surface area (Å²) in [5, 5.41) is 25.9. The van der Waals surface area contributed by atoms with Crippen molar-refractivity contribution in [2.75, 3.05) is 6.54 Å². The van der Waals surface area contributed by atoms with Crippen molar-refractivity contribution >= 4 is 35.6 Å². The van der Waals surface area contributed by atoms with Gasteiger partial charge in [0, 0.05) is 24.9 Å². The summed E-state index contributed by atoms with van der Waals surface area (Å²) in [4.78, 5) is 71.5. The number of aromatic nitrogens is 2. The first kappa shape index (κ1) is 30.8. The van der Waals surface area contributed by atoms with Gasteiger partial charge in [0.25, 0.3) is 0 Å². The molecule has 14 N–H and O–H groups in total. The van der Waals surface area contributed by atoms with Crippen LogP contribution in [0.25, 0.3) is 0 Å². The van der Waals surface area contributed by atoms with Gasteiger partial charge in [0.15, 0.2) is 5.96 Å². The van der Waals surface area contributed by atoms with Crippen molar-refractivity contribution in [1.29, 1.82) is 0 Å². The molecule has 17 nitrogen and oxygen atoms in total. The zero-order valence-corrected chi connectivity index (χ0v) is 20.2. The molecule has 0 spiro atoms. The fraction of sp³-hybridized carbons (Fsp3) is 0.550. The number of H-pyrrole nitrogens is 1. The average Bonchev–Trinajstić information content (AvgIpc) is 3.31. The molecule has 0 aliphatic heterocycles. The maximum Gasteiger partial charge on any atom is 0.326 e. The molecule has 0 radical (unpaired) electrons. The number of nitrogens with zero attached hydrogens (tertiary/aromatic N) is 2. The minimum atomic E-state index is -1.63. The van der Waals surface area contributed by atoms with E-state index in [0.29, 0.717) is 5.69 Å². The molecule has 206 valence electrons. The van der Waals surface area contributed by atoms with E-state index in [1.807, 2.05) is 0 Å².